The van der Waals surface area contributed by atoms with Crippen molar-refractivity contribution >= 4 is 11.9 Å². The molecule has 0 radical (unpaired) electrons. The van der Waals surface area contributed by atoms with Gasteiger partial charge in [-0.1, -0.05) is 0 Å². The molecule has 7 nitrogen and oxygen atoms in total. The zero-order valence-electron chi connectivity index (χ0n) is 6.45. The number of hydrogen-bond donors (Lipinski definition) is 4. The summed E-state index contributed by atoms with van der Waals surface area (Å²) < 4.78 is 0. The average Bonchev–Trinajstić information content (AvgIpc) is 2.03. The molecule has 1 aliphatic rings. The van der Waals surface area contributed by atoms with E-state index in [1.807, 2.05) is 0 Å². The lowest BCUT2D eigenvalue weighted by molar-refractivity contribution is -0.135. The maximum atomic E-state index is 10.1. The molecule has 0 aromatic rings. The van der Waals surface area contributed by atoms with Crippen LogP contribution in [0.5, 0.6) is 0 Å². The first-order valence-electron chi connectivity index (χ1n) is 3.47. The molecule has 7 heteroatoms. The number of nitrogens with one attached hydrogen (secondary N) is 2. The van der Waals surface area contributed by atoms with Crippen molar-refractivity contribution in [3.8, 4) is 0 Å². The van der Waals surface area contributed by atoms with E-state index >= 15 is 0 Å². The number of nitrogens with two attached hydrogens (primary N) is 1. The second-order valence-electron chi connectivity index (χ2n) is 2.28. The maximum absolute atomic E-state index is 10.1. The number of aliphatic carboxylic acids is 1. The van der Waals surface area contributed by atoms with E-state index < -0.39 is 5.97 Å². The van der Waals surface area contributed by atoms with Crippen LogP contribution >= 0.6 is 0 Å². The molecule has 0 unspecified atom stereocenters. The van der Waals surface area contributed by atoms with Crippen LogP contribution in [-0.4, -0.2) is 41.7 Å². The van der Waals surface area contributed by atoms with Crippen molar-refractivity contribution in [2.45, 2.75) is 0 Å². The van der Waals surface area contributed by atoms with Crippen molar-refractivity contribution in [3.05, 3.63) is 0 Å². The van der Waals surface area contributed by atoms with Crippen molar-refractivity contribution in [3.63, 3.8) is 0 Å². The molecule has 5 N–H and O–H groups in total. The van der Waals surface area contributed by atoms with E-state index in [1.165, 1.54) is 5.01 Å². The number of carbonyl (C=O) groups is 1. The lowest BCUT2D eigenvalue weighted by atomic mass is 10.5. The molecular formula is C5H11N5O2. The van der Waals surface area contributed by atoms with Gasteiger partial charge in [0, 0.05) is 6.54 Å². The number of guanidine groups is 1. The third-order valence-electron chi connectivity index (χ3n) is 1.31. The van der Waals surface area contributed by atoms with Crippen LogP contribution in [0.4, 0.5) is 0 Å². The summed E-state index contributed by atoms with van der Waals surface area (Å²) in [6, 6.07) is 0. The van der Waals surface area contributed by atoms with Gasteiger partial charge in [0.1, 0.15) is 6.54 Å². The van der Waals surface area contributed by atoms with Crippen molar-refractivity contribution in [2.24, 2.45) is 10.8 Å². The Kier molecular flexibility index (Phi) is 2.83. The Morgan fingerprint density at radius 1 is 1.83 bits per heavy atom. The van der Waals surface area contributed by atoms with Crippen LogP contribution in [-0.2, 0) is 4.79 Å². The quantitative estimate of drug-likeness (QED) is 0.350. The summed E-state index contributed by atoms with van der Waals surface area (Å²) in [5, 5.41) is 9.68. The SMILES string of the molecule is NN1CCNN/C1=N/CC(=O)O. The molecule has 1 heterocycles. The Morgan fingerprint density at radius 3 is 3.17 bits per heavy atom. The summed E-state index contributed by atoms with van der Waals surface area (Å²) in [6.07, 6.45) is 0. The van der Waals surface area contributed by atoms with Gasteiger partial charge in [0.2, 0.25) is 5.96 Å². The molecule has 1 saturated heterocycles. The minimum Gasteiger partial charge on any atom is -0.480 e. The van der Waals surface area contributed by atoms with Crippen molar-refractivity contribution < 1.29 is 9.90 Å². The molecule has 0 bridgehead atoms. The van der Waals surface area contributed by atoms with Gasteiger partial charge in [-0.25, -0.2) is 16.3 Å². The number of hydrogen-bond acceptors (Lipinski definition) is 4. The fourth-order valence-electron chi connectivity index (χ4n) is 0.768. The average molecular weight is 173 g/mol. The standard InChI is InChI=1S/C5H11N5O2/c6-10-2-1-8-9-5(10)7-3-4(11)12/h8H,1-3,6H2,(H,7,9)(H,11,12). The normalized spacial score (nSPS) is 20.8. The highest BCUT2D eigenvalue weighted by molar-refractivity contribution is 5.82. The maximum Gasteiger partial charge on any atom is 0.325 e. The lowest BCUT2D eigenvalue weighted by Gasteiger charge is -2.26. The molecule has 0 aliphatic carbocycles. The molecule has 0 amide bonds. The van der Waals surface area contributed by atoms with Crippen LogP contribution in [0.15, 0.2) is 4.99 Å². The number of hydrazine groups is 2. The Balaban J connectivity index is 2.47. The number of carboxylic acids is 1. The first kappa shape index (κ1) is 8.75. The van der Waals surface area contributed by atoms with E-state index in [9.17, 15) is 4.79 Å². The Morgan fingerprint density at radius 2 is 2.58 bits per heavy atom. The second kappa shape index (κ2) is 3.88. The van der Waals surface area contributed by atoms with Crippen LogP contribution in [0.3, 0.4) is 0 Å². The fourth-order valence-corrected chi connectivity index (χ4v) is 0.768. The lowest BCUT2D eigenvalue weighted by Crippen LogP contribution is -2.59. The highest BCUT2D eigenvalue weighted by Crippen LogP contribution is 1.85. The predicted molar refractivity (Wildman–Crippen MR) is 42.0 cm³/mol. The molecular weight excluding hydrogens is 162 g/mol. The van der Waals surface area contributed by atoms with Crippen LogP contribution in [0, 0.1) is 0 Å². The summed E-state index contributed by atoms with van der Waals surface area (Å²) in [5.41, 5.74) is 5.46. The molecule has 68 valence electrons. The van der Waals surface area contributed by atoms with Gasteiger partial charge < -0.3 is 5.11 Å². The molecule has 1 aliphatic heterocycles. The Hall–Kier alpha value is -1.34. The van der Waals surface area contributed by atoms with Gasteiger partial charge in [-0.15, -0.1) is 0 Å². The van der Waals surface area contributed by atoms with E-state index in [0.29, 0.717) is 19.0 Å². The molecule has 0 spiro atoms. The summed E-state index contributed by atoms with van der Waals surface area (Å²) in [4.78, 5) is 13.8. The van der Waals surface area contributed by atoms with E-state index in [4.69, 9.17) is 10.9 Å². The van der Waals surface area contributed by atoms with Gasteiger partial charge in [0.25, 0.3) is 0 Å². The first-order valence-corrected chi connectivity index (χ1v) is 3.47. The Bertz CT molecular complexity index is 204. The van der Waals surface area contributed by atoms with E-state index in [-0.39, 0.29) is 6.54 Å². The zero-order valence-corrected chi connectivity index (χ0v) is 6.45. The van der Waals surface area contributed by atoms with Crippen LogP contribution in [0.25, 0.3) is 0 Å². The molecule has 1 fully saturated rings. The fraction of sp³-hybridized carbons (Fsp3) is 0.600. The highest BCUT2D eigenvalue weighted by Gasteiger charge is 2.11. The number of rotatable bonds is 2. The molecule has 0 saturated carbocycles. The van der Waals surface area contributed by atoms with Gasteiger partial charge in [-0.05, 0) is 0 Å². The third kappa shape index (κ3) is 2.36. The number of carboxylic acid groups (broad SMARTS) is 1. The van der Waals surface area contributed by atoms with Crippen LogP contribution in [0.1, 0.15) is 0 Å². The van der Waals surface area contributed by atoms with Crippen LogP contribution < -0.4 is 16.7 Å². The van der Waals surface area contributed by atoms with Gasteiger partial charge >= 0.3 is 5.97 Å². The monoisotopic (exact) mass is 173 g/mol. The second-order valence-corrected chi connectivity index (χ2v) is 2.28. The third-order valence-corrected chi connectivity index (χ3v) is 1.31. The van der Waals surface area contributed by atoms with Crippen molar-refractivity contribution in [1.82, 2.24) is 15.9 Å². The summed E-state index contributed by atoms with van der Waals surface area (Å²) in [5.74, 6) is 4.84. The van der Waals surface area contributed by atoms with Crippen molar-refractivity contribution in [1.29, 1.82) is 0 Å². The van der Waals surface area contributed by atoms with Crippen molar-refractivity contribution in [2.75, 3.05) is 19.6 Å². The zero-order chi connectivity index (χ0) is 8.97. The minimum atomic E-state index is -0.983. The van der Waals surface area contributed by atoms with E-state index in [1.54, 1.807) is 0 Å². The van der Waals surface area contributed by atoms with Gasteiger partial charge in [-0.3, -0.25) is 15.2 Å². The van der Waals surface area contributed by atoms with Gasteiger partial charge in [0.05, 0.1) is 6.54 Å². The summed E-state index contributed by atoms with van der Waals surface area (Å²) in [6.45, 7) is 1.02. The molecule has 1 rings (SSSR count). The molecule has 0 atom stereocenters. The van der Waals surface area contributed by atoms with Crippen LogP contribution in [0.2, 0.25) is 0 Å². The summed E-state index contributed by atoms with van der Waals surface area (Å²) in [7, 11) is 0. The highest BCUT2D eigenvalue weighted by atomic mass is 16.4. The molecule has 12 heavy (non-hydrogen) atoms. The van der Waals surface area contributed by atoms with Gasteiger partial charge in [-0.2, -0.15) is 0 Å². The number of nitrogens with zero attached hydrogens (tertiary/aromatic N) is 2. The Labute approximate surface area is 69.2 Å². The molecule has 0 aromatic carbocycles. The predicted octanol–water partition coefficient (Wildman–Crippen LogP) is -2.29. The molecule has 0 aromatic heterocycles. The minimum absolute atomic E-state index is 0.280. The smallest absolute Gasteiger partial charge is 0.325 e. The van der Waals surface area contributed by atoms with Gasteiger partial charge in [0.15, 0.2) is 0 Å². The summed E-state index contributed by atoms with van der Waals surface area (Å²) >= 11 is 0. The van der Waals surface area contributed by atoms with E-state index in [2.05, 4.69) is 15.8 Å². The topological polar surface area (TPSA) is 103 Å². The first-order chi connectivity index (χ1) is 5.70. The number of aliphatic imine (C=N–C) groups is 1. The largest absolute Gasteiger partial charge is 0.480 e. The van der Waals surface area contributed by atoms with E-state index in [0.717, 1.165) is 0 Å².